The van der Waals surface area contributed by atoms with Crippen LogP contribution in [-0.4, -0.2) is 58.5 Å². The van der Waals surface area contributed by atoms with Gasteiger partial charge in [0.05, 0.1) is 11.7 Å². The van der Waals surface area contributed by atoms with Gasteiger partial charge in [-0.2, -0.15) is 5.10 Å². The van der Waals surface area contributed by atoms with Crippen LogP contribution in [0.1, 0.15) is 16.8 Å². The second-order valence-electron chi connectivity index (χ2n) is 6.83. The first-order valence-electron chi connectivity index (χ1n) is 8.62. The second kappa shape index (κ2) is 6.33. The fourth-order valence-electron chi connectivity index (χ4n) is 3.51. The molecule has 1 saturated heterocycles. The third-order valence-electron chi connectivity index (χ3n) is 5.03. The molecule has 0 radical (unpaired) electrons. The summed E-state index contributed by atoms with van der Waals surface area (Å²) in [4.78, 5) is 17.0. The van der Waals surface area contributed by atoms with Crippen molar-refractivity contribution in [3.63, 3.8) is 0 Å². The third-order valence-corrected chi connectivity index (χ3v) is 5.03. The molecule has 1 aliphatic rings. The molecule has 0 unspecified atom stereocenters. The molecule has 1 amide bonds. The standard InChI is InChI=1S/C20H22N4O/c1-22(2)17-9-11-23(14-17)20(25)16-7-5-6-15(12-16)18-13-21-24-10-4-3-8-19(18)24/h3-8,10,12-13,17H,9,11,14H2,1-2H3/t17-/m0/s1. The lowest BCUT2D eigenvalue weighted by molar-refractivity contribution is 0.0783. The Labute approximate surface area is 147 Å². The zero-order chi connectivity index (χ0) is 17.4. The molecule has 3 aromatic rings. The lowest BCUT2D eigenvalue weighted by Crippen LogP contribution is -2.34. The van der Waals surface area contributed by atoms with Crippen LogP contribution >= 0.6 is 0 Å². The number of aromatic nitrogens is 2. The van der Waals surface area contributed by atoms with Gasteiger partial charge in [-0.1, -0.05) is 18.2 Å². The van der Waals surface area contributed by atoms with Crippen molar-refractivity contribution < 1.29 is 4.79 Å². The summed E-state index contributed by atoms with van der Waals surface area (Å²) in [5.74, 6) is 0.114. The minimum absolute atomic E-state index is 0.114. The average molecular weight is 334 g/mol. The number of likely N-dealkylation sites (N-methyl/N-ethyl adjacent to an activating group) is 1. The minimum Gasteiger partial charge on any atom is -0.337 e. The van der Waals surface area contributed by atoms with E-state index >= 15 is 0 Å². The van der Waals surface area contributed by atoms with Gasteiger partial charge in [0.1, 0.15) is 0 Å². The normalized spacial score (nSPS) is 17.6. The number of likely N-dealkylation sites (tertiary alicyclic amines) is 1. The molecule has 0 bridgehead atoms. The van der Waals surface area contributed by atoms with Crippen LogP contribution < -0.4 is 0 Å². The third kappa shape index (κ3) is 2.91. The van der Waals surface area contributed by atoms with Crippen LogP contribution in [0.25, 0.3) is 16.6 Å². The highest BCUT2D eigenvalue weighted by Gasteiger charge is 2.28. The van der Waals surface area contributed by atoms with E-state index in [0.29, 0.717) is 6.04 Å². The van der Waals surface area contributed by atoms with Crippen molar-refractivity contribution >= 4 is 11.4 Å². The maximum atomic E-state index is 12.9. The molecule has 0 N–H and O–H groups in total. The highest BCUT2D eigenvalue weighted by atomic mass is 16.2. The van der Waals surface area contributed by atoms with Gasteiger partial charge in [-0.15, -0.1) is 0 Å². The van der Waals surface area contributed by atoms with Crippen LogP contribution in [0.15, 0.2) is 54.9 Å². The monoisotopic (exact) mass is 334 g/mol. The Bertz CT molecular complexity index is 915. The van der Waals surface area contributed by atoms with E-state index in [-0.39, 0.29) is 5.91 Å². The fraction of sp³-hybridized carbons (Fsp3) is 0.300. The van der Waals surface area contributed by atoms with E-state index < -0.39 is 0 Å². The van der Waals surface area contributed by atoms with Crippen LogP contribution in [0.5, 0.6) is 0 Å². The van der Waals surface area contributed by atoms with E-state index in [1.54, 1.807) is 0 Å². The summed E-state index contributed by atoms with van der Waals surface area (Å²) >= 11 is 0. The number of benzene rings is 1. The van der Waals surface area contributed by atoms with Crippen LogP contribution in [0.4, 0.5) is 0 Å². The predicted octanol–water partition coefficient (Wildman–Crippen LogP) is 2.78. The van der Waals surface area contributed by atoms with Gasteiger partial charge < -0.3 is 9.80 Å². The smallest absolute Gasteiger partial charge is 0.253 e. The number of hydrogen-bond acceptors (Lipinski definition) is 3. The van der Waals surface area contributed by atoms with E-state index in [0.717, 1.165) is 41.7 Å². The number of carbonyl (C=O) groups excluding carboxylic acids is 1. The number of nitrogens with zero attached hydrogens (tertiary/aromatic N) is 4. The van der Waals surface area contributed by atoms with E-state index in [1.807, 2.05) is 64.3 Å². The number of rotatable bonds is 3. The fourth-order valence-corrected chi connectivity index (χ4v) is 3.51. The largest absolute Gasteiger partial charge is 0.337 e. The van der Waals surface area contributed by atoms with Gasteiger partial charge >= 0.3 is 0 Å². The molecule has 128 valence electrons. The molecule has 0 aliphatic carbocycles. The highest BCUT2D eigenvalue weighted by molar-refractivity contribution is 5.96. The van der Waals surface area contributed by atoms with Crippen molar-refractivity contribution in [1.82, 2.24) is 19.4 Å². The van der Waals surface area contributed by atoms with Crippen molar-refractivity contribution in [3.05, 3.63) is 60.4 Å². The summed E-state index contributed by atoms with van der Waals surface area (Å²) in [7, 11) is 4.15. The van der Waals surface area contributed by atoms with Gasteiger partial charge in [0.15, 0.2) is 0 Å². The van der Waals surface area contributed by atoms with Gasteiger partial charge in [0.25, 0.3) is 5.91 Å². The van der Waals surface area contributed by atoms with Crippen molar-refractivity contribution in [2.45, 2.75) is 12.5 Å². The lowest BCUT2D eigenvalue weighted by Gasteiger charge is -2.20. The maximum Gasteiger partial charge on any atom is 0.253 e. The lowest BCUT2D eigenvalue weighted by atomic mass is 10.0. The quantitative estimate of drug-likeness (QED) is 0.739. The van der Waals surface area contributed by atoms with Crippen molar-refractivity contribution in [2.24, 2.45) is 0 Å². The molecule has 1 aromatic carbocycles. The van der Waals surface area contributed by atoms with Crippen LogP contribution in [-0.2, 0) is 0 Å². The topological polar surface area (TPSA) is 40.8 Å². The highest BCUT2D eigenvalue weighted by Crippen LogP contribution is 2.26. The van der Waals surface area contributed by atoms with Gasteiger partial charge in [-0.25, -0.2) is 4.52 Å². The van der Waals surface area contributed by atoms with Crippen molar-refractivity contribution in [1.29, 1.82) is 0 Å². The summed E-state index contributed by atoms with van der Waals surface area (Å²) in [5.41, 5.74) is 3.85. The molecule has 4 rings (SSSR count). The Morgan fingerprint density at radius 3 is 2.88 bits per heavy atom. The molecule has 0 saturated carbocycles. The van der Waals surface area contributed by atoms with E-state index in [2.05, 4.69) is 24.1 Å². The number of pyridine rings is 1. The summed E-state index contributed by atoms with van der Waals surface area (Å²) in [6.07, 6.45) is 4.82. The Hall–Kier alpha value is -2.66. The SMILES string of the molecule is CN(C)[C@H]1CCN(C(=O)c2cccc(-c3cnn4ccccc34)c2)C1. The number of hydrogen-bond donors (Lipinski definition) is 0. The maximum absolute atomic E-state index is 12.9. The Morgan fingerprint density at radius 2 is 2.08 bits per heavy atom. The molecule has 1 aliphatic heterocycles. The molecule has 3 heterocycles. The van der Waals surface area contributed by atoms with E-state index in [1.165, 1.54) is 0 Å². The first kappa shape index (κ1) is 15.8. The second-order valence-corrected chi connectivity index (χ2v) is 6.83. The Morgan fingerprint density at radius 1 is 1.20 bits per heavy atom. The van der Waals surface area contributed by atoms with Crippen LogP contribution in [0.3, 0.4) is 0 Å². The van der Waals surface area contributed by atoms with Gasteiger partial charge in [-0.05, 0) is 50.3 Å². The van der Waals surface area contributed by atoms with Crippen molar-refractivity contribution in [3.8, 4) is 11.1 Å². The first-order valence-corrected chi connectivity index (χ1v) is 8.62. The molecule has 1 fully saturated rings. The molecule has 5 nitrogen and oxygen atoms in total. The van der Waals surface area contributed by atoms with E-state index in [4.69, 9.17) is 0 Å². The van der Waals surface area contributed by atoms with Crippen molar-refractivity contribution in [2.75, 3.05) is 27.2 Å². The first-order chi connectivity index (χ1) is 12.1. The molecule has 0 spiro atoms. The average Bonchev–Trinajstić information content (AvgIpc) is 3.28. The van der Waals surface area contributed by atoms with Gasteiger partial charge in [0.2, 0.25) is 0 Å². The van der Waals surface area contributed by atoms with Crippen LogP contribution in [0, 0.1) is 0 Å². The summed E-state index contributed by atoms with van der Waals surface area (Å²) in [5, 5.41) is 4.39. The summed E-state index contributed by atoms with van der Waals surface area (Å²) in [6, 6.07) is 14.3. The van der Waals surface area contributed by atoms with Gasteiger partial charge in [0, 0.05) is 36.5 Å². The van der Waals surface area contributed by atoms with Crippen LogP contribution in [0.2, 0.25) is 0 Å². The molecule has 1 atom stereocenters. The molecular formula is C20H22N4O. The number of amides is 1. The minimum atomic E-state index is 0.114. The number of carbonyl (C=O) groups is 1. The molecule has 2 aromatic heterocycles. The predicted molar refractivity (Wildman–Crippen MR) is 98.6 cm³/mol. The zero-order valence-electron chi connectivity index (χ0n) is 14.6. The molecule has 5 heteroatoms. The number of fused-ring (bicyclic) bond motifs is 1. The Kier molecular flexibility index (Phi) is 4.01. The van der Waals surface area contributed by atoms with Gasteiger partial charge in [-0.3, -0.25) is 4.79 Å². The summed E-state index contributed by atoms with van der Waals surface area (Å²) in [6.45, 7) is 1.62. The molecule has 25 heavy (non-hydrogen) atoms. The Balaban J connectivity index is 1.63. The molecular weight excluding hydrogens is 312 g/mol. The van der Waals surface area contributed by atoms with E-state index in [9.17, 15) is 4.79 Å². The zero-order valence-corrected chi connectivity index (χ0v) is 14.6. The summed E-state index contributed by atoms with van der Waals surface area (Å²) < 4.78 is 1.85.